The maximum Gasteiger partial charge on any atom is 0.264 e. The van der Waals surface area contributed by atoms with Gasteiger partial charge in [0.15, 0.2) is 11.6 Å². The van der Waals surface area contributed by atoms with Gasteiger partial charge in [-0.25, -0.2) is 18.4 Å². The first kappa shape index (κ1) is 24.0. The number of hydrogen-bond acceptors (Lipinski definition) is 8. The number of aromatic nitrogens is 3. The smallest absolute Gasteiger partial charge is 0.264 e. The van der Waals surface area contributed by atoms with E-state index >= 15 is 0 Å². The Morgan fingerprint density at radius 3 is 2.44 bits per heavy atom. The van der Waals surface area contributed by atoms with Gasteiger partial charge in [0.2, 0.25) is 0 Å². The zero-order valence-corrected chi connectivity index (χ0v) is 20.7. The van der Waals surface area contributed by atoms with Gasteiger partial charge in [0, 0.05) is 37.4 Å². The number of methoxy groups -OCH3 is 1. The highest BCUT2D eigenvalue weighted by atomic mass is 32.2. The minimum absolute atomic E-state index is 0.0347. The molecule has 10 heteroatoms. The van der Waals surface area contributed by atoms with Crippen molar-refractivity contribution in [2.75, 3.05) is 30.4 Å². The first-order chi connectivity index (χ1) is 17.5. The van der Waals surface area contributed by atoms with Gasteiger partial charge in [-0.05, 0) is 61.1 Å². The third-order valence-electron chi connectivity index (χ3n) is 6.17. The Morgan fingerprint density at radius 1 is 1.00 bits per heavy atom. The molecule has 1 saturated heterocycles. The van der Waals surface area contributed by atoms with E-state index in [1.807, 2.05) is 36.4 Å². The molecule has 1 fully saturated rings. The van der Waals surface area contributed by atoms with Crippen LogP contribution in [0.2, 0.25) is 0 Å². The number of nitrogens with one attached hydrogen (secondary N) is 2. The number of nitrogens with zero attached hydrogens (tertiary/aromatic N) is 3. The molecule has 1 aliphatic heterocycles. The number of sulfonamides is 1. The van der Waals surface area contributed by atoms with Crippen LogP contribution in [0.15, 0.2) is 71.9 Å². The van der Waals surface area contributed by atoms with E-state index < -0.39 is 10.0 Å². The van der Waals surface area contributed by atoms with Crippen molar-refractivity contribution in [3.8, 4) is 5.75 Å². The van der Waals surface area contributed by atoms with E-state index in [2.05, 4.69) is 20.0 Å². The molecule has 0 bridgehead atoms. The zero-order chi connectivity index (χ0) is 25.0. The summed E-state index contributed by atoms with van der Waals surface area (Å²) >= 11 is 0. The summed E-state index contributed by atoms with van der Waals surface area (Å²) in [6.45, 7) is 1.53. The van der Waals surface area contributed by atoms with Crippen molar-refractivity contribution in [1.82, 2.24) is 15.0 Å². The molecule has 4 aromatic rings. The first-order valence-corrected chi connectivity index (χ1v) is 13.2. The summed E-state index contributed by atoms with van der Waals surface area (Å²) in [5.41, 5.74) is 3.07. The van der Waals surface area contributed by atoms with Gasteiger partial charge in [0.25, 0.3) is 10.0 Å². The van der Waals surface area contributed by atoms with Crippen LogP contribution >= 0.6 is 0 Å². The number of pyridine rings is 1. The van der Waals surface area contributed by atoms with Crippen molar-refractivity contribution in [2.24, 2.45) is 5.92 Å². The first-order valence-electron chi connectivity index (χ1n) is 11.7. The summed E-state index contributed by atoms with van der Waals surface area (Å²) in [5.74, 6) is 1.57. The van der Waals surface area contributed by atoms with Gasteiger partial charge in [-0.15, -0.1) is 0 Å². The number of ether oxygens (including phenoxy) is 2. The second-order valence-electron chi connectivity index (χ2n) is 8.61. The Labute approximate surface area is 210 Å². The van der Waals surface area contributed by atoms with Crippen LogP contribution in [0.3, 0.4) is 0 Å². The van der Waals surface area contributed by atoms with E-state index in [0.29, 0.717) is 28.5 Å². The van der Waals surface area contributed by atoms with Crippen molar-refractivity contribution in [1.29, 1.82) is 0 Å². The Balaban J connectivity index is 1.54. The van der Waals surface area contributed by atoms with Crippen molar-refractivity contribution >= 4 is 38.4 Å². The maximum absolute atomic E-state index is 13.1. The van der Waals surface area contributed by atoms with Gasteiger partial charge >= 0.3 is 0 Å². The van der Waals surface area contributed by atoms with Crippen molar-refractivity contribution in [3.05, 3.63) is 72.6 Å². The van der Waals surface area contributed by atoms with Crippen molar-refractivity contribution in [2.45, 2.75) is 24.2 Å². The molecule has 0 saturated carbocycles. The van der Waals surface area contributed by atoms with Crippen LogP contribution in [0, 0.1) is 5.92 Å². The van der Waals surface area contributed by atoms with Gasteiger partial charge in [-0.2, -0.15) is 0 Å². The van der Waals surface area contributed by atoms with Crippen LogP contribution in [0.25, 0.3) is 11.0 Å². The van der Waals surface area contributed by atoms with Crippen LogP contribution in [-0.4, -0.2) is 43.7 Å². The Hall–Kier alpha value is -3.76. The molecule has 3 heterocycles. The molecule has 36 heavy (non-hydrogen) atoms. The Bertz CT molecular complexity index is 1460. The molecule has 5 rings (SSSR count). The monoisotopic (exact) mass is 505 g/mol. The molecular formula is C26H27N5O4S. The van der Waals surface area contributed by atoms with Crippen LogP contribution in [0.5, 0.6) is 5.75 Å². The molecule has 0 radical (unpaired) electrons. The second kappa shape index (κ2) is 10.5. The standard InChI is InChI=1S/C26H27N5O4S/c1-34-20-9-8-19(15-18-10-13-35-14-11-18)24(16-20)30-25-26(29-23-7-3-2-6-22(23)28-25)31-36(32,33)21-5-4-12-27-17-21/h2-9,12,16-18H,10-11,13-15H2,1H3,(H,28,30)(H,29,31). The molecule has 2 N–H and O–H groups in total. The molecule has 0 spiro atoms. The molecule has 1 aliphatic rings. The van der Waals surface area contributed by atoms with E-state index in [1.54, 1.807) is 19.2 Å². The fourth-order valence-corrected chi connectivity index (χ4v) is 5.19. The lowest BCUT2D eigenvalue weighted by Gasteiger charge is -2.23. The normalized spacial score (nSPS) is 14.5. The molecule has 0 atom stereocenters. The zero-order valence-electron chi connectivity index (χ0n) is 19.8. The average Bonchev–Trinajstić information content (AvgIpc) is 2.91. The minimum atomic E-state index is -3.94. The summed E-state index contributed by atoms with van der Waals surface area (Å²) in [4.78, 5) is 13.3. The Morgan fingerprint density at radius 2 is 1.75 bits per heavy atom. The topological polar surface area (TPSA) is 115 Å². The fraction of sp³-hybridized carbons (Fsp3) is 0.269. The number of rotatable bonds is 8. The number of hydrogen-bond donors (Lipinski definition) is 2. The van der Waals surface area contributed by atoms with Gasteiger partial charge in [-0.1, -0.05) is 18.2 Å². The quantitative estimate of drug-likeness (QED) is 0.358. The number of anilines is 3. The van der Waals surface area contributed by atoms with Gasteiger partial charge < -0.3 is 14.8 Å². The molecule has 0 amide bonds. The lowest BCUT2D eigenvalue weighted by Crippen LogP contribution is -2.18. The largest absolute Gasteiger partial charge is 0.497 e. The fourth-order valence-electron chi connectivity index (χ4n) is 4.22. The maximum atomic E-state index is 13.1. The number of fused-ring (bicyclic) bond motifs is 1. The molecule has 0 unspecified atom stereocenters. The lowest BCUT2D eigenvalue weighted by molar-refractivity contribution is 0.0666. The third kappa shape index (κ3) is 5.39. The summed E-state index contributed by atoms with van der Waals surface area (Å²) in [6, 6.07) is 16.2. The van der Waals surface area contributed by atoms with Crippen molar-refractivity contribution < 1.29 is 17.9 Å². The molecule has 186 valence electrons. The summed E-state index contributed by atoms with van der Waals surface area (Å²) in [7, 11) is -2.32. The summed E-state index contributed by atoms with van der Waals surface area (Å²) in [6.07, 6.45) is 5.66. The highest BCUT2D eigenvalue weighted by Crippen LogP contribution is 2.33. The van der Waals surface area contributed by atoms with E-state index in [9.17, 15) is 8.42 Å². The van der Waals surface area contributed by atoms with Crippen LogP contribution in [-0.2, 0) is 21.2 Å². The predicted molar refractivity (Wildman–Crippen MR) is 138 cm³/mol. The minimum Gasteiger partial charge on any atom is -0.497 e. The molecule has 0 aliphatic carbocycles. The number of para-hydroxylation sites is 2. The highest BCUT2D eigenvalue weighted by Gasteiger charge is 2.21. The van der Waals surface area contributed by atoms with E-state index in [4.69, 9.17) is 14.5 Å². The van der Waals surface area contributed by atoms with Gasteiger partial charge in [-0.3, -0.25) is 9.71 Å². The highest BCUT2D eigenvalue weighted by molar-refractivity contribution is 7.92. The van der Waals surface area contributed by atoms with Crippen molar-refractivity contribution in [3.63, 3.8) is 0 Å². The Kier molecular flexibility index (Phi) is 6.97. The SMILES string of the molecule is COc1ccc(CC2CCOCC2)c(Nc2nc3ccccc3nc2NS(=O)(=O)c2cccnc2)c1. The lowest BCUT2D eigenvalue weighted by atomic mass is 9.91. The molecule has 9 nitrogen and oxygen atoms in total. The van der Waals surface area contributed by atoms with Crippen LogP contribution < -0.4 is 14.8 Å². The van der Waals surface area contributed by atoms with E-state index in [0.717, 1.165) is 43.7 Å². The van der Waals surface area contributed by atoms with Gasteiger partial charge in [0.05, 0.1) is 18.1 Å². The third-order valence-corrected chi connectivity index (χ3v) is 7.49. The van der Waals surface area contributed by atoms with Gasteiger partial charge in [0.1, 0.15) is 10.6 Å². The average molecular weight is 506 g/mol. The van der Waals surface area contributed by atoms with Crippen LogP contribution in [0.1, 0.15) is 18.4 Å². The van der Waals surface area contributed by atoms with E-state index in [1.165, 1.54) is 18.5 Å². The molecule has 2 aromatic heterocycles. The summed E-state index contributed by atoms with van der Waals surface area (Å²) in [5, 5.41) is 3.34. The summed E-state index contributed by atoms with van der Waals surface area (Å²) < 4.78 is 39.8. The molecule has 2 aromatic carbocycles. The number of benzene rings is 2. The second-order valence-corrected chi connectivity index (χ2v) is 10.3. The van der Waals surface area contributed by atoms with Crippen LogP contribution in [0.4, 0.5) is 17.3 Å². The van der Waals surface area contributed by atoms with E-state index in [-0.39, 0.29) is 10.7 Å². The molecular weight excluding hydrogens is 478 g/mol. The predicted octanol–water partition coefficient (Wildman–Crippen LogP) is 4.55.